The Hall–Kier alpha value is -2.29. The minimum Gasteiger partial charge on any atom is -0.483 e. The number of carbonyl (C=O) groups excluding carboxylic acids is 1. The van der Waals surface area contributed by atoms with Crippen LogP contribution in [0.2, 0.25) is 0 Å². The summed E-state index contributed by atoms with van der Waals surface area (Å²) < 4.78 is 5.62. The Bertz CT molecular complexity index is 647. The van der Waals surface area contributed by atoms with Crippen LogP contribution in [-0.2, 0) is 4.79 Å². The standard InChI is InChI=1S/C19H23NO2/c1-13-8-10-17(11-9-13)16(4)20-19(21)12-22-18-7-5-6-14(2)15(18)3/h5-11,16H,12H2,1-4H3,(H,20,21)/t16-/m0/s1. The van der Waals surface area contributed by atoms with Crippen LogP contribution in [0.1, 0.15) is 35.2 Å². The van der Waals surface area contributed by atoms with Crippen LogP contribution < -0.4 is 10.1 Å². The highest BCUT2D eigenvalue weighted by Crippen LogP contribution is 2.20. The van der Waals surface area contributed by atoms with E-state index < -0.39 is 0 Å². The summed E-state index contributed by atoms with van der Waals surface area (Å²) in [6.07, 6.45) is 0. The van der Waals surface area contributed by atoms with Crippen molar-refractivity contribution in [3.8, 4) is 5.75 Å². The first-order valence-electron chi connectivity index (χ1n) is 7.52. The summed E-state index contributed by atoms with van der Waals surface area (Å²) in [6, 6.07) is 14.0. The fourth-order valence-electron chi connectivity index (χ4n) is 2.25. The zero-order chi connectivity index (χ0) is 16.1. The van der Waals surface area contributed by atoms with Gasteiger partial charge in [-0.2, -0.15) is 0 Å². The summed E-state index contributed by atoms with van der Waals surface area (Å²) in [5.74, 6) is 0.645. The van der Waals surface area contributed by atoms with Crippen LogP contribution >= 0.6 is 0 Å². The highest BCUT2D eigenvalue weighted by Gasteiger charge is 2.11. The Morgan fingerprint density at radius 2 is 1.77 bits per heavy atom. The monoisotopic (exact) mass is 297 g/mol. The Morgan fingerprint density at radius 1 is 1.09 bits per heavy atom. The van der Waals surface area contributed by atoms with Gasteiger partial charge in [-0.1, -0.05) is 42.0 Å². The van der Waals surface area contributed by atoms with Gasteiger partial charge in [0, 0.05) is 0 Å². The second kappa shape index (κ2) is 7.12. The summed E-state index contributed by atoms with van der Waals surface area (Å²) >= 11 is 0. The van der Waals surface area contributed by atoms with E-state index in [0.29, 0.717) is 0 Å². The van der Waals surface area contributed by atoms with Crippen LogP contribution in [0.25, 0.3) is 0 Å². The first-order valence-corrected chi connectivity index (χ1v) is 7.52. The van der Waals surface area contributed by atoms with Crippen LogP contribution in [-0.4, -0.2) is 12.5 Å². The smallest absolute Gasteiger partial charge is 0.258 e. The van der Waals surface area contributed by atoms with Crippen LogP contribution in [0.4, 0.5) is 0 Å². The van der Waals surface area contributed by atoms with E-state index in [0.717, 1.165) is 22.4 Å². The summed E-state index contributed by atoms with van der Waals surface area (Å²) in [7, 11) is 0. The van der Waals surface area contributed by atoms with Gasteiger partial charge in [0.25, 0.3) is 5.91 Å². The molecule has 0 heterocycles. The molecule has 1 amide bonds. The summed E-state index contributed by atoms with van der Waals surface area (Å²) in [6.45, 7) is 8.07. The largest absolute Gasteiger partial charge is 0.483 e. The van der Waals surface area contributed by atoms with Crippen molar-refractivity contribution in [2.45, 2.75) is 33.7 Å². The summed E-state index contributed by atoms with van der Waals surface area (Å²) in [4.78, 5) is 12.0. The molecule has 2 aromatic carbocycles. The van der Waals surface area contributed by atoms with Gasteiger partial charge in [-0.15, -0.1) is 0 Å². The van der Waals surface area contributed by atoms with Gasteiger partial charge in [0.1, 0.15) is 5.75 Å². The third-order valence-electron chi connectivity index (χ3n) is 3.87. The summed E-state index contributed by atoms with van der Waals surface area (Å²) in [5, 5.41) is 2.96. The molecule has 116 valence electrons. The van der Waals surface area contributed by atoms with Crippen LogP contribution in [0.15, 0.2) is 42.5 Å². The maximum absolute atomic E-state index is 12.0. The normalized spacial score (nSPS) is 11.8. The van der Waals surface area contributed by atoms with E-state index in [2.05, 4.69) is 5.32 Å². The predicted octanol–water partition coefficient (Wildman–Crippen LogP) is 3.87. The van der Waals surface area contributed by atoms with Gasteiger partial charge in [-0.05, 0) is 50.5 Å². The predicted molar refractivity (Wildman–Crippen MR) is 89.1 cm³/mol. The zero-order valence-corrected chi connectivity index (χ0v) is 13.6. The molecule has 0 bridgehead atoms. The molecule has 2 aromatic rings. The number of hydrogen-bond donors (Lipinski definition) is 1. The quantitative estimate of drug-likeness (QED) is 0.910. The van der Waals surface area contributed by atoms with Gasteiger partial charge in [-0.3, -0.25) is 4.79 Å². The molecule has 0 aliphatic heterocycles. The first-order chi connectivity index (χ1) is 10.5. The SMILES string of the molecule is Cc1ccc([C@H](C)NC(=O)COc2cccc(C)c2C)cc1. The second-order valence-corrected chi connectivity index (χ2v) is 5.69. The van der Waals surface area contributed by atoms with E-state index in [1.54, 1.807) is 0 Å². The molecule has 3 heteroatoms. The van der Waals surface area contributed by atoms with Gasteiger partial charge < -0.3 is 10.1 Å². The molecule has 0 radical (unpaired) electrons. The van der Waals surface area contributed by atoms with E-state index in [1.807, 2.05) is 70.2 Å². The molecular weight excluding hydrogens is 274 g/mol. The molecule has 0 spiro atoms. The molecule has 0 fully saturated rings. The van der Waals surface area contributed by atoms with Crippen LogP contribution in [0.5, 0.6) is 5.75 Å². The molecule has 2 rings (SSSR count). The molecule has 22 heavy (non-hydrogen) atoms. The second-order valence-electron chi connectivity index (χ2n) is 5.69. The van der Waals surface area contributed by atoms with Crippen LogP contribution in [0.3, 0.4) is 0 Å². The van der Waals surface area contributed by atoms with Crippen molar-refractivity contribution in [2.75, 3.05) is 6.61 Å². The van der Waals surface area contributed by atoms with Crippen molar-refractivity contribution in [2.24, 2.45) is 0 Å². The fraction of sp³-hybridized carbons (Fsp3) is 0.316. The lowest BCUT2D eigenvalue weighted by Gasteiger charge is -2.16. The fourth-order valence-corrected chi connectivity index (χ4v) is 2.25. The zero-order valence-electron chi connectivity index (χ0n) is 13.6. The Morgan fingerprint density at radius 3 is 2.45 bits per heavy atom. The summed E-state index contributed by atoms with van der Waals surface area (Å²) in [5.41, 5.74) is 4.53. The number of ether oxygens (including phenoxy) is 1. The Kier molecular flexibility index (Phi) is 5.21. The number of benzene rings is 2. The molecule has 0 saturated heterocycles. The molecule has 0 aromatic heterocycles. The van der Waals surface area contributed by atoms with E-state index >= 15 is 0 Å². The highest BCUT2D eigenvalue weighted by molar-refractivity contribution is 5.78. The molecule has 1 atom stereocenters. The maximum Gasteiger partial charge on any atom is 0.258 e. The lowest BCUT2D eigenvalue weighted by atomic mass is 10.1. The van der Waals surface area contributed by atoms with Crippen molar-refractivity contribution in [1.29, 1.82) is 0 Å². The van der Waals surface area contributed by atoms with Crippen molar-refractivity contribution < 1.29 is 9.53 Å². The van der Waals surface area contributed by atoms with Gasteiger partial charge in [-0.25, -0.2) is 0 Å². The van der Waals surface area contributed by atoms with E-state index in [-0.39, 0.29) is 18.6 Å². The van der Waals surface area contributed by atoms with E-state index in [4.69, 9.17) is 4.74 Å². The lowest BCUT2D eigenvalue weighted by molar-refractivity contribution is -0.123. The van der Waals surface area contributed by atoms with Gasteiger partial charge >= 0.3 is 0 Å². The number of rotatable bonds is 5. The lowest BCUT2D eigenvalue weighted by Crippen LogP contribution is -2.31. The van der Waals surface area contributed by atoms with E-state index in [1.165, 1.54) is 5.56 Å². The average molecular weight is 297 g/mol. The topological polar surface area (TPSA) is 38.3 Å². The van der Waals surface area contributed by atoms with Crippen LogP contribution in [0, 0.1) is 20.8 Å². The van der Waals surface area contributed by atoms with Crippen molar-refractivity contribution in [3.05, 3.63) is 64.7 Å². The van der Waals surface area contributed by atoms with Gasteiger partial charge in [0.05, 0.1) is 6.04 Å². The Balaban J connectivity index is 1.90. The molecular formula is C19H23NO2. The first kappa shape index (κ1) is 16.1. The Labute approximate surface area is 132 Å². The van der Waals surface area contributed by atoms with Crippen molar-refractivity contribution >= 4 is 5.91 Å². The highest BCUT2D eigenvalue weighted by atomic mass is 16.5. The average Bonchev–Trinajstić information content (AvgIpc) is 2.49. The number of nitrogens with one attached hydrogen (secondary N) is 1. The minimum atomic E-state index is -0.117. The van der Waals surface area contributed by atoms with Gasteiger partial charge in [0.2, 0.25) is 0 Å². The number of amides is 1. The van der Waals surface area contributed by atoms with E-state index in [9.17, 15) is 4.79 Å². The molecule has 0 saturated carbocycles. The minimum absolute atomic E-state index is 0.0283. The molecule has 0 aliphatic rings. The molecule has 0 aliphatic carbocycles. The molecule has 3 nitrogen and oxygen atoms in total. The third kappa shape index (κ3) is 4.10. The van der Waals surface area contributed by atoms with Crippen molar-refractivity contribution in [1.82, 2.24) is 5.32 Å². The molecule has 1 N–H and O–H groups in total. The van der Waals surface area contributed by atoms with Crippen molar-refractivity contribution in [3.63, 3.8) is 0 Å². The van der Waals surface area contributed by atoms with Gasteiger partial charge in [0.15, 0.2) is 6.61 Å². The third-order valence-corrected chi connectivity index (χ3v) is 3.87. The molecule has 0 unspecified atom stereocenters. The number of carbonyl (C=O) groups is 1. The number of aryl methyl sites for hydroxylation is 2. The number of hydrogen-bond acceptors (Lipinski definition) is 2. The maximum atomic E-state index is 12.0.